The Labute approximate surface area is 197 Å². The lowest BCUT2D eigenvalue weighted by Gasteiger charge is -2.32. The van der Waals surface area contributed by atoms with E-state index < -0.39 is 5.25 Å². The average molecular weight is 476 g/mol. The highest BCUT2D eigenvalue weighted by molar-refractivity contribution is 8.15. The largest absolute Gasteiger partial charge is 0.324 e. The Bertz CT molecular complexity index is 968. The van der Waals surface area contributed by atoms with E-state index in [9.17, 15) is 14.0 Å². The summed E-state index contributed by atoms with van der Waals surface area (Å²) in [6.45, 7) is 2.71. The molecule has 0 bridgehead atoms. The number of anilines is 1. The Kier molecular flexibility index (Phi) is 9.11. The number of amides is 2. The van der Waals surface area contributed by atoms with E-state index >= 15 is 0 Å². The van der Waals surface area contributed by atoms with Crippen LogP contribution in [0.4, 0.5) is 15.8 Å². The molecule has 1 saturated heterocycles. The SMILES string of the molecule is CCCCCCCN1C(=O)CC(C(=O)Nc2ccccc2Cl)SC1=Nc1ccc(F)cc1. The van der Waals surface area contributed by atoms with Gasteiger partial charge in [-0.05, 0) is 42.8 Å². The molecule has 0 aliphatic carbocycles. The standard InChI is InChI=1S/C24H27ClFN3O2S/c1-2-3-4-5-8-15-29-22(30)16-21(23(31)28-20-10-7-6-9-19(20)25)32-24(29)27-18-13-11-17(26)12-14-18/h6-7,9-14,21H,2-5,8,15-16H2,1H3,(H,28,31). The van der Waals surface area contributed by atoms with E-state index in [0.29, 0.717) is 28.1 Å². The topological polar surface area (TPSA) is 61.8 Å². The van der Waals surface area contributed by atoms with Gasteiger partial charge >= 0.3 is 0 Å². The maximum absolute atomic E-state index is 13.3. The molecule has 5 nitrogen and oxygen atoms in total. The number of nitrogens with zero attached hydrogens (tertiary/aromatic N) is 2. The molecule has 1 aliphatic rings. The molecule has 3 rings (SSSR count). The molecular formula is C24H27ClFN3O2S. The van der Waals surface area contributed by atoms with Crippen LogP contribution in [0.15, 0.2) is 53.5 Å². The van der Waals surface area contributed by atoms with Crippen LogP contribution < -0.4 is 5.32 Å². The number of carbonyl (C=O) groups excluding carboxylic acids is 2. The maximum atomic E-state index is 13.3. The normalized spacial score (nSPS) is 17.6. The second kappa shape index (κ2) is 12.0. The lowest BCUT2D eigenvalue weighted by molar-refractivity contribution is -0.129. The molecule has 1 atom stereocenters. The van der Waals surface area contributed by atoms with Crippen molar-refractivity contribution in [2.45, 2.75) is 50.7 Å². The van der Waals surface area contributed by atoms with E-state index in [0.717, 1.165) is 25.7 Å². The van der Waals surface area contributed by atoms with Crippen LogP contribution in [0, 0.1) is 5.82 Å². The molecule has 0 radical (unpaired) electrons. The highest BCUT2D eigenvalue weighted by atomic mass is 35.5. The number of aliphatic imine (C=N–C) groups is 1. The van der Waals surface area contributed by atoms with Crippen LogP contribution in [0.2, 0.25) is 5.02 Å². The number of amidine groups is 1. The summed E-state index contributed by atoms with van der Waals surface area (Å²) in [4.78, 5) is 32.1. The number of hydrogen-bond acceptors (Lipinski definition) is 4. The molecule has 0 spiro atoms. The number of carbonyl (C=O) groups is 2. The lowest BCUT2D eigenvalue weighted by atomic mass is 10.1. The smallest absolute Gasteiger partial charge is 0.238 e. The van der Waals surface area contributed by atoms with Crippen molar-refractivity contribution in [2.75, 3.05) is 11.9 Å². The van der Waals surface area contributed by atoms with Crippen molar-refractivity contribution >= 4 is 51.7 Å². The van der Waals surface area contributed by atoms with Crippen molar-refractivity contribution in [2.24, 2.45) is 4.99 Å². The van der Waals surface area contributed by atoms with Crippen LogP contribution in [-0.2, 0) is 9.59 Å². The zero-order valence-electron chi connectivity index (χ0n) is 18.0. The second-order valence-corrected chi connectivity index (χ2v) is 9.19. The summed E-state index contributed by atoms with van der Waals surface area (Å²) in [6.07, 6.45) is 5.42. The van der Waals surface area contributed by atoms with Crippen LogP contribution in [-0.4, -0.2) is 33.7 Å². The minimum atomic E-state index is -0.630. The first kappa shape index (κ1) is 24.3. The summed E-state index contributed by atoms with van der Waals surface area (Å²) in [5.74, 6) is -0.795. The van der Waals surface area contributed by atoms with Gasteiger partial charge in [-0.1, -0.05) is 68.1 Å². The Morgan fingerprint density at radius 3 is 2.59 bits per heavy atom. The molecule has 8 heteroatoms. The van der Waals surface area contributed by atoms with E-state index in [1.165, 1.54) is 30.3 Å². The summed E-state index contributed by atoms with van der Waals surface area (Å²) in [5, 5.41) is 3.07. The number of benzene rings is 2. The number of unbranched alkanes of at least 4 members (excludes halogenated alkanes) is 4. The van der Waals surface area contributed by atoms with Crippen molar-refractivity contribution in [3.63, 3.8) is 0 Å². The van der Waals surface area contributed by atoms with Gasteiger partial charge in [0.2, 0.25) is 11.8 Å². The molecule has 2 aromatic rings. The third-order valence-electron chi connectivity index (χ3n) is 5.10. The van der Waals surface area contributed by atoms with E-state index in [1.54, 1.807) is 41.3 Å². The Hall–Kier alpha value is -2.38. The minimum Gasteiger partial charge on any atom is -0.324 e. The van der Waals surface area contributed by atoms with Crippen molar-refractivity contribution in [1.82, 2.24) is 4.90 Å². The summed E-state index contributed by atoms with van der Waals surface area (Å²) in [7, 11) is 0. The fourth-order valence-corrected chi connectivity index (χ4v) is 4.64. The highest BCUT2D eigenvalue weighted by Gasteiger charge is 2.35. The van der Waals surface area contributed by atoms with Gasteiger partial charge in [-0.15, -0.1) is 0 Å². The van der Waals surface area contributed by atoms with Gasteiger partial charge in [-0.25, -0.2) is 9.38 Å². The lowest BCUT2D eigenvalue weighted by Crippen LogP contribution is -2.45. The van der Waals surface area contributed by atoms with E-state index in [1.807, 2.05) is 0 Å². The molecule has 2 amide bonds. The molecule has 1 unspecified atom stereocenters. The minimum absolute atomic E-state index is 0.0817. The van der Waals surface area contributed by atoms with Crippen LogP contribution in [0.3, 0.4) is 0 Å². The Morgan fingerprint density at radius 1 is 1.16 bits per heavy atom. The summed E-state index contributed by atoms with van der Waals surface area (Å²) in [5.41, 5.74) is 1.03. The fraction of sp³-hybridized carbons (Fsp3) is 0.375. The number of halogens is 2. The molecule has 0 saturated carbocycles. The van der Waals surface area contributed by atoms with Crippen LogP contribution >= 0.6 is 23.4 Å². The van der Waals surface area contributed by atoms with Gasteiger partial charge in [0.25, 0.3) is 0 Å². The number of para-hydroxylation sites is 1. The third kappa shape index (κ3) is 6.81. The first-order valence-electron chi connectivity index (χ1n) is 10.8. The van der Waals surface area contributed by atoms with Gasteiger partial charge in [0.1, 0.15) is 11.1 Å². The van der Waals surface area contributed by atoms with Gasteiger partial charge in [0, 0.05) is 13.0 Å². The second-order valence-electron chi connectivity index (χ2n) is 7.61. The first-order valence-corrected chi connectivity index (χ1v) is 12.1. The van der Waals surface area contributed by atoms with Crippen molar-refractivity contribution in [3.8, 4) is 0 Å². The Morgan fingerprint density at radius 2 is 1.88 bits per heavy atom. The number of rotatable bonds is 9. The average Bonchev–Trinajstić information content (AvgIpc) is 2.78. The van der Waals surface area contributed by atoms with E-state index in [4.69, 9.17) is 11.6 Å². The number of nitrogens with one attached hydrogen (secondary N) is 1. The fourth-order valence-electron chi connectivity index (χ4n) is 3.34. The molecule has 1 aliphatic heterocycles. The summed E-state index contributed by atoms with van der Waals surface area (Å²) in [6, 6.07) is 12.7. The number of thioether (sulfide) groups is 1. The summed E-state index contributed by atoms with van der Waals surface area (Å²) < 4.78 is 13.3. The van der Waals surface area contributed by atoms with E-state index in [2.05, 4.69) is 17.2 Å². The van der Waals surface area contributed by atoms with Gasteiger partial charge in [-0.2, -0.15) is 0 Å². The predicted octanol–water partition coefficient (Wildman–Crippen LogP) is 6.41. The van der Waals surface area contributed by atoms with Gasteiger partial charge in [0.15, 0.2) is 5.17 Å². The molecule has 170 valence electrons. The van der Waals surface area contributed by atoms with E-state index in [-0.39, 0.29) is 24.1 Å². The van der Waals surface area contributed by atoms with Crippen LogP contribution in [0.5, 0.6) is 0 Å². The predicted molar refractivity (Wildman–Crippen MR) is 130 cm³/mol. The zero-order chi connectivity index (χ0) is 22.9. The van der Waals surface area contributed by atoms with Crippen molar-refractivity contribution < 1.29 is 14.0 Å². The highest BCUT2D eigenvalue weighted by Crippen LogP contribution is 2.31. The van der Waals surface area contributed by atoms with Crippen LogP contribution in [0.25, 0.3) is 0 Å². The molecule has 1 fully saturated rings. The monoisotopic (exact) mass is 475 g/mol. The molecular weight excluding hydrogens is 449 g/mol. The van der Waals surface area contributed by atoms with Gasteiger partial charge < -0.3 is 5.32 Å². The van der Waals surface area contributed by atoms with Gasteiger partial charge in [-0.3, -0.25) is 14.5 Å². The van der Waals surface area contributed by atoms with Crippen molar-refractivity contribution in [3.05, 3.63) is 59.4 Å². The molecule has 0 aromatic heterocycles. The Balaban J connectivity index is 1.76. The first-order chi connectivity index (χ1) is 15.5. The number of hydrogen-bond donors (Lipinski definition) is 1. The molecule has 1 N–H and O–H groups in total. The maximum Gasteiger partial charge on any atom is 0.238 e. The van der Waals surface area contributed by atoms with Crippen molar-refractivity contribution in [1.29, 1.82) is 0 Å². The summed E-state index contributed by atoms with van der Waals surface area (Å²) >= 11 is 7.40. The molecule has 2 aromatic carbocycles. The molecule has 1 heterocycles. The van der Waals surface area contributed by atoms with Gasteiger partial charge in [0.05, 0.1) is 16.4 Å². The quantitative estimate of drug-likeness (QED) is 0.426. The van der Waals surface area contributed by atoms with Crippen LogP contribution in [0.1, 0.15) is 45.4 Å². The zero-order valence-corrected chi connectivity index (χ0v) is 19.6. The molecule has 32 heavy (non-hydrogen) atoms. The third-order valence-corrected chi connectivity index (χ3v) is 6.62.